The molecule has 0 fully saturated rings. The number of rotatable bonds is 5. The van der Waals surface area contributed by atoms with Gasteiger partial charge in [-0.3, -0.25) is 10.1 Å². The highest BCUT2D eigenvalue weighted by molar-refractivity contribution is 7.14. The number of aromatic nitrogens is 2. The number of hydrogen-bond donors (Lipinski definition) is 2. The maximum absolute atomic E-state index is 12.6. The summed E-state index contributed by atoms with van der Waals surface area (Å²) in [5, 5.41) is 6.39. The van der Waals surface area contributed by atoms with Gasteiger partial charge in [0.15, 0.2) is 5.13 Å². The fraction of sp³-hybridized carbons (Fsp3) is 0.100. The summed E-state index contributed by atoms with van der Waals surface area (Å²) in [6.45, 7) is 0. The molecular weight excluding hydrogens is 362 g/mol. The number of anilines is 1. The predicted octanol–water partition coefficient (Wildman–Crippen LogP) is 4.56. The van der Waals surface area contributed by atoms with Gasteiger partial charge >= 0.3 is 0 Å². The van der Waals surface area contributed by atoms with Gasteiger partial charge in [-0.1, -0.05) is 18.2 Å². The largest absolute Gasteiger partial charge is 0.497 e. The number of H-pyrrole nitrogens is 1. The molecule has 2 aromatic carbocycles. The number of methoxy groups -OCH3 is 2. The van der Waals surface area contributed by atoms with E-state index < -0.39 is 0 Å². The minimum absolute atomic E-state index is 0.283. The van der Waals surface area contributed by atoms with E-state index in [1.165, 1.54) is 18.4 Å². The van der Waals surface area contributed by atoms with Gasteiger partial charge in [0.2, 0.25) is 0 Å². The third kappa shape index (κ3) is 3.24. The Hall–Kier alpha value is -3.32. The molecule has 4 rings (SSSR count). The Balaban J connectivity index is 1.59. The maximum atomic E-state index is 12.6. The van der Waals surface area contributed by atoms with Crippen molar-refractivity contribution in [1.82, 2.24) is 9.97 Å². The highest BCUT2D eigenvalue weighted by atomic mass is 32.1. The van der Waals surface area contributed by atoms with E-state index >= 15 is 0 Å². The molecule has 7 heteroatoms. The van der Waals surface area contributed by atoms with Gasteiger partial charge in [0.1, 0.15) is 11.5 Å². The molecular formula is C20H17N3O3S. The molecule has 136 valence electrons. The number of aromatic amines is 1. The number of nitrogens with one attached hydrogen (secondary N) is 2. The average Bonchev–Trinajstić information content (AvgIpc) is 3.33. The summed E-state index contributed by atoms with van der Waals surface area (Å²) in [6, 6.07) is 13.1. The molecule has 0 aliphatic rings. The molecule has 2 N–H and O–H groups in total. The molecule has 0 radical (unpaired) electrons. The molecule has 0 bridgehead atoms. The first-order chi connectivity index (χ1) is 13.2. The summed E-state index contributed by atoms with van der Waals surface area (Å²) in [4.78, 5) is 20.4. The summed E-state index contributed by atoms with van der Waals surface area (Å²) in [5.41, 5.74) is 3.29. The third-order valence-electron chi connectivity index (χ3n) is 4.24. The normalized spacial score (nSPS) is 10.7. The molecule has 27 heavy (non-hydrogen) atoms. The lowest BCUT2D eigenvalue weighted by atomic mass is 10.1. The van der Waals surface area contributed by atoms with E-state index in [1.807, 2.05) is 35.8 Å². The van der Waals surface area contributed by atoms with Crippen molar-refractivity contribution in [3.63, 3.8) is 0 Å². The van der Waals surface area contributed by atoms with E-state index in [-0.39, 0.29) is 5.91 Å². The SMILES string of the molecule is COc1ccc(C(=O)Nc2nc(-c3c[nH]c4ccccc34)cs2)c(OC)c1. The minimum Gasteiger partial charge on any atom is -0.497 e. The molecule has 4 aromatic rings. The van der Waals surface area contributed by atoms with Crippen LogP contribution in [0.5, 0.6) is 11.5 Å². The highest BCUT2D eigenvalue weighted by Crippen LogP contribution is 2.31. The molecule has 0 spiro atoms. The van der Waals surface area contributed by atoms with Crippen LogP contribution in [0.4, 0.5) is 5.13 Å². The minimum atomic E-state index is -0.283. The number of nitrogens with zero attached hydrogens (tertiary/aromatic N) is 1. The number of fused-ring (bicyclic) bond motifs is 1. The van der Waals surface area contributed by atoms with Crippen LogP contribution in [0.15, 0.2) is 54.0 Å². The zero-order chi connectivity index (χ0) is 18.8. The quantitative estimate of drug-likeness (QED) is 0.533. The first-order valence-electron chi connectivity index (χ1n) is 8.25. The van der Waals surface area contributed by atoms with Crippen LogP contribution in [0.25, 0.3) is 22.2 Å². The van der Waals surface area contributed by atoms with Crippen molar-refractivity contribution in [2.24, 2.45) is 0 Å². The smallest absolute Gasteiger partial charge is 0.261 e. The zero-order valence-corrected chi connectivity index (χ0v) is 15.6. The van der Waals surface area contributed by atoms with Crippen molar-refractivity contribution < 1.29 is 14.3 Å². The molecule has 0 saturated carbocycles. The van der Waals surface area contributed by atoms with E-state index in [4.69, 9.17) is 9.47 Å². The van der Waals surface area contributed by atoms with Crippen LogP contribution in [0.3, 0.4) is 0 Å². The van der Waals surface area contributed by atoms with E-state index in [9.17, 15) is 4.79 Å². The Morgan fingerprint density at radius 3 is 2.81 bits per heavy atom. The molecule has 6 nitrogen and oxygen atoms in total. The molecule has 1 amide bonds. The number of thiazole rings is 1. The zero-order valence-electron chi connectivity index (χ0n) is 14.8. The van der Waals surface area contributed by atoms with Gasteiger partial charge in [0.05, 0.1) is 25.5 Å². The average molecular weight is 379 g/mol. The van der Waals surface area contributed by atoms with Crippen molar-refractivity contribution in [2.75, 3.05) is 19.5 Å². The molecule has 2 heterocycles. The summed E-state index contributed by atoms with van der Waals surface area (Å²) in [6.07, 6.45) is 1.93. The maximum Gasteiger partial charge on any atom is 0.261 e. The molecule has 0 aliphatic heterocycles. The Morgan fingerprint density at radius 1 is 1.15 bits per heavy atom. The van der Waals surface area contributed by atoms with E-state index in [0.717, 1.165) is 22.2 Å². The fourth-order valence-corrected chi connectivity index (χ4v) is 3.59. The van der Waals surface area contributed by atoms with Gasteiger partial charge in [0.25, 0.3) is 5.91 Å². The van der Waals surface area contributed by atoms with Gasteiger partial charge in [-0.25, -0.2) is 4.98 Å². The predicted molar refractivity (Wildman–Crippen MR) is 107 cm³/mol. The van der Waals surface area contributed by atoms with Crippen LogP contribution < -0.4 is 14.8 Å². The van der Waals surface area contributed by atoms with E-state index in [2.05, 4.69) is 15.3 Å². The number of amides is 1. The number of para-hydroxylation sites is 1. The first kappa shape index (κ1) is 17.1. The van der Waals surface area contributed by atoms with Crippen LogP contribution in [-0.2, 0) is 0 Å². The monoisotopic (exact) mass is 379 g/mol. The van der Waals surface area contributed by atoms with Crippen LogP contribution in [0.1, 0.15) is 10.4 Å². The second kappa shape index (κ2) is 7.13. The number of benzene rings is 2. The van der Waals surface area contributed by atoms with Gasteiger partial charge in [-0.2, -0.15) is 0 Å². The van der Waals surface area contributed by atoms with Crippen molar-refractivity contribution in [1.29, 1.82) is 0 Å². The lowest BCUT2D eigenvalue weighted by Crippen LogP contribution is -2.13. The molecule has 2 aromatic heterocycles. The van der Waals surface area contributed by atoms with Crippen molar-refractivity contribution in [2.45, 2.75) is 0 Å². The molecule has 0 atom stereocenters. The van der Waals surface area contributed by atoms with Crippen molar-refractivity contribution in [3.8, 4) is 22.8 Å². The lowest BCUT2D eigenvalue weighted by Gasteiger charge is -2.09. The summed E-state index contributed by atoms with van der Waals surface area (Å²) in [5.74, 6) is 0.786. The highest BCUT2D eigenvalue weighted by Gasteiger charge is 2.16. The Bertz CT molecular complexity index is 1120. The van der Waals surface area contributed by atoms with Crippen LogP contribution in [-0.4, -0.2) is 30.1 Å². The van der Waals surface area contributed by atoms with Crippen LogP contribution in [0.2, 0.25) is 0 Å². The van der Waals surface area contributed by atoms with Gasteiger partial charge in [-0.05, 0) is 18.2 Å². The van der Waals surface area contributed by atoms with E-state index in [0.29, 0.717) is 22.2 Å². The Labute approximate surface area is 159 Å². The standard InChI is InChI=1S/C20H17N3O3S/c1-25-12-7-8-14(18(9-12)26-2)19(24)23-20-22-17(11-27-20)15-10-21-16-6-4-3-5-13(15)16/h3-11,21H,1-2H3,(H,22,23,24). The molecule has 0 saturated heterocycles. The summed E-state index contributed by atoms with van der Waals surface area (Å²) >= 11 is 1.38. The topological polar surface area (TPSA) is 76.2 Å². The first-order valence-corrected chi connectivity index (χ1v) is 9.13. The van der Waals surface area contributed by atoms with Gasteiger partial charge in [0, 0.05) is 34.1 Å². The third-order valence-corrected chi connectivity index (χ3v) is 5.00. The number of carbonyl (C=O) groups is 1. The Kier molecular flexibility index (Phi) is 4.52. The summed E-state index contributed by atoms with van der Waals surface area (Å²) < 4.78 is 10.5. The van der Waals surface area contributed by atoms with Crippen LogP contribution in [0, 0.1) is 0 Å². The van der Waals surface area contributed by atoms with Gasteiger partial charge < -0.3 is 14.5 Å². The fourth-order valence-electron chi connectivity index (χ4n) is 2.89. The van der Waals surface area contributed by atoms with Gasteiger partial charge in [-0.15, -0.1) is 11.3 Å². The number of ether oxygens (including phenoxy) is 2. The number of hydrogen-bond acceptors (Lipinski definition) is 5. The van der Waals surface area contributed by atoms with Crippen LogP contribution >= 0.6 is 11.3 Å². The Morgan fingerprint density at radius 2 is 2.00 bits per heavy atom. The number of carbonyl (C=O) groups excluding carboxylic acids is 1. The second-order valence-electron chi connectivity index (χ2n) is 5.81. The molecule has 0 aliphatic carbocycles. The molecule has 0 unspecified atom stereocenters. The summed E-state index contributed by atoms with van der Waals surface area (Å²) in [7, 11) is 3.08. The van der Waals surface area contributed by atoms with Crippen molar-refractivity contribution >= 4 is 33.3 Å². The lowest BCUT2D eigenvalue weighted by molar-refractivity contribution is 0.102. The van der Waals surface area contributed by atoms with E-state index in [1.54, 1.807) is 25.3 Å². The second-order valence-corrected chi connectivity index (χ2v) is 6.66. The van der Waals surface area contributed by atoms with Crippen molar-refractivity contribution in [3.05, 3.63) is 59.6 Å².